The number of halogens is 1. The van der Waals surface area contributed by atoms with Crippen LogP contribution in [0, 0.1) is 0 Å². The van der Waals surface area contributed by atoms with E-state index in [1.165, 1.54) is 4.90 Å². The van der Waals surface area contributed by atoms with Gasteiger partial charge in [-0.3, -0.25) is 9.89 Å². The average molecular weight is 307 g/mol. The van der Waals surface area contributed by atoms with Gasteiger partial charge < -0.3 is 4.74 Å². The summed E-state index contributed by atoms with van der Waals surface area (Å²) < 4.78 is 5.25. The Morgan fingerprint density at radius 3 is 3.00 bits per heavy atom. The predicted molar refractivity (Wildman–Crippen MR) is 80.6 cm³/mol. The third kappa shape index (κ3) is 2.89. The van der Waals surface area contributed by atoms with Gasteiger partial charge >= 0.3 is 6.09 Å². The first-order valence-corrected chi connectivity index (χ1v) is 7.36. The standard InChI is InChI=1S/C14H11ClN2O2S/c15-11-3-1-10(2-4-11)8-19-14(18)17-6-5-12-13(7-17)20-9-16-12/h1-7H,8-9H2. The first kappa shape index (κ1) is 13.3. The van der Waals surface area contributed by atoms with Crippen molar-refractivity contribution < 1.29 is 9.53 Å². The molecule has 3 rings (SSSR count). The molecule has 2 aliphatic heterocycles. The number of hydrogen-bond acceptors (Lipinski definition) is 4. The van der Waals surface area contributed by atoms with Gasteiger partial charge in [0.2, 0.25) is 0 Å². The van der Waals surface area contributed by atoms with Crippen LogP contribution in [0.1, 0.15) is 5.56 Å². The summed E-state index contributed by atoms with van der Waals surface area (Å²) in [6.07, 6.45) is 4.83. The van der Waals surface area contributed by atoms with E-state index in [1.807, 2.05) is 18.2 Å². The zero-order valence-electron chi connectivity index (χ0n) is 10.5. The van der Waals surface area contributed by atoms with E-state index in [9.17, 15) is 4.79 Å². The Bertz CT molecular complexity index is 623. The van der Waals surface area contributed by atoms with Gasteiger partial charge in [-0.15, -0.1) is 0 Å². The molecule has 0 radical (unpaired) electrons. The Balaban J connectivity index is 1.60. The van der Waals surface area contributed by atoms with E-state index in [0.29, 0.717) is 10.9 Å². The van der Waals surface area contributed by atoms with Gasteiger partial charge in [0.25, 0.3) is 0 Å². The third-order valence-electron chi connectivity index (χ3n) is 2.84. The minimum absolute atomic E-state index is 0.220. The second-order valence-corrected chi connectivity index (χ2v) is 5.64. The number of amides is 1. The Morgan fingerprint density at radius 2 is 2.20 bits per heavy atom. The summed E-state index contributed by atoms with van der Waals surface area (Å²) in [5, 5.41) is 0.661. The Hall–Kier alpha value is -1.72. The molecule has 0 bridgehead atoms. The van der Waals surface area contributed by atoms with Gasteiger partial charge in [-0.1, -0.05) is 35.5 Å². The van der Waals surface area contributed by atoms with Gasteiger partial charge in [0, 0.05) is 17.4 Å². The van der Waals surface area contributed by atoms with Gasteiger partial charge in [-0.05, 0) is 23.8 Å². The molecule has 0 aliphatic carbocycles. The van der Waals surface area contributed by atoms with Gasteiger partial charge in [0.15, 0.2) is 0 Å². The molecule has 2 heterocycles. The molecule has 6 heteroatoms. The summed E-state index contributed by atoms with van der Waals surface area (Å²) in [6.45, 7) is 0.220. The van der Waals surface area contributed by atoms with Crippen LogP contribution in [-0.2, 0) is 11.3 Å². The Kier molecular flexibility index (Phi) is 3.80. The molecule has 1 aromatic rings. The number of rotatable bonds is 2. The maximum atomic E-state index is 12.0. The quantitative estimate of drug-likeness (QED) is 0.834. The molecule has 20 heavy (non-hydrogen) atoms. The maximum absolute atomic E-state index is 12.0. The summed E-state index contributed by atoms with van der Waals surface area (Å²) in [5.74, 6) is 0.708. The SMILES string of the molecule is O=C(OCc1ccc(Cl)cc1)N1C=CC2=NCSC2=C1. The largest absolute Gasteiger partial charge is 0.444 e. The number of fused-ring (bicyclic) bond motifs is 1. The van der Waals surface area contributed by atoms with Crippen LogP contribution in [0.2, 0.25) is 5.02 Å². The first-order chi connectivity index (χ1) is 9.72. The summed E-state index contributed by atoms with van der Waals surface area (Å²) in [5.41, 5.74) is 1.82. The molecule has 0 N–H and O–H groups in total. The molecule has 0 saturated heterocycles. The molecule has 1 amide bonds. The van der Waals surface area contributed by atoms with Gasteiger partial charge in [-0.2, -0.15) is 0 Å². The van der Waals surface area contributed by atoms with Crippen molar-refractivity contribution in [1.82, 2.24) is 4.90 Å². The van der Waals surface area contributed by atoms with Crippen molar-refractivity contribution in [2.45, 2.75) is 6.61 Å². The monoisotopic (exact) mass is 306 g/mol. The topological polar surface area (TPSA) is 41.9 Å². The minimum Gasteiger partial charge on any atom is -0.444 e. The van der Waals surface area contributed by atoms with Crippen LogP contribution < -0.4 is 0 Å². The van der Waals surface area contributed by atoms with Gasteiger partial charge in [0.05, 0.1) is 16.5 Å². The lowest BCUT2D eigenvalue weighted by atomic mass is 10.2. The highest BCUT2D eigenvalue weighted by atomic mass is 35.5. The van der Waals surface area contributed by atoms with E-state index in [0.717, 1.165) is 16.2 Å². The van der Waals surface area contributed by atoms with E-state index in [2.05, 4.69) is 4.99 Å². The van der Waals surface area contributed by atoms with Crippen molar-refractivity contribution in [3.05, 3.63) is 58.2 Å². The van der Waals surface area contributed by atoms with Crippen LogP contribution >= 0.6 is 23.4 Å². The fraction of sp³-hybridized carbons (Fsp3) is 0.143. The zero-order valence-corrected chi connectivity index (χ0v) is 12.0. The van der Waals surface area contributed by atoms with Gasteiger partial charge in [-0.25, -0.2) is 4.79 Å². The minimum atomic E-state index is -0.407. The number of nitrogens with zero attached hydrogens (tertiary/aromatic N) is 2. The molecular formula is C14H11ClN2O2S. The highest BCUT2D eigenvalue weighted by Crippen LogP contribution is 2.28. The fourth-order valence-corrected chi connectivity index (χ4v) is 2.73. The van der Waals surface area contributed by atoms with Crippen LogP contribution in [0.4, 0.5) is 4.79 Å². The molecule has 4 nitrogen and oxygen atoms in total. The van der Waals surface area contributed by atoms with Crippen molar-refractivity contribution in [1.29, 1.82) is 0 Å². The van der Waals surface area contributed by atoms with E-state index in [4.69, 9.17) is 16.3 Å². The van der Waals surface area contributed by atoms with Crippen LogP contribution in [-0.4, -0.2) is 22.6 Å². The number of allylic oxidation sites excluding steroid dienone is 2. The zero-order chi connectivity index (χ0) is 13.9. The highest BCUT2D eigenvalue weighted by Gasteiger charge is 2.20. The summed E-state index contributed by atoms with van der Waals surface area (Å²) in [6, 6.07) is 7.20. The Labute approximate surface area is 125 Å². The lowest BCUT2D eigenvalue weighted by molar-refractivity contribution is 0.121. The Morgan fingerprint density at radius 1 is 1.40 bits per heavy atom. The van der Waals surface area contributed by atoms with Crippen molar-refractivity contribution in [3.63, 3.8) is 0 Å². The van der Waals surface area contributed by atoms with Crippen molar-refractivity contribution in [2.75, 3.05) is 5.88 Å². The number of benzene rings is 1. The molecule has 0 fully saturated rings. The lowest BCUT2D eigenvalue weighted by Gasteiger charge is -2.17. The molecule has 0 aromatic heterocycles. The highest BCUT2D eigenvalue weighted by molar-refractivity contribution is 8.04. The van der Waals surface area contributed by atoms with E-state index in [-0.39, 0.29) is 6.61 Å². The second-order valence-electron chi connectivity index (χ2n) is 4.21. The first-order valence-electron chi connectivity index (χ1n) is 5.99. The summed E-state index contributed by atoms with van der Waals surface area (Å²) in [7, 11) is 0. The predicted octanol–water partition coefficient (Wildman–Crippen LogP) is 3.79. The van der Waals surface area contributed by atoms with Crippen molar-refractivity contribution in [2.24, 2.45) is 4.99 Å². The molecular weight excluding hydrogens is 296 g/mol. The smallest absolute Gasteiger partial charge is 0.418 e. The van der Waals surface area contributed by atoms with Crippen LogP contribution in [0.15, 0.2) is 52.6 Å². The maximum Gasteiger partial charge on any atom is 0.418 e. The number of aliphatic imine (C=N–C) groups is 1. The van der Waals surface area contributed by atoms with Gasteiger partial charge in [0.1, 0.15) is 6.61 Å². The molecule has 2 aliphatic rings. The molecule has 0 saturated carbocycles. The van der Waals surface area contributed by atoms with Crippen molar-refractivity contribution in [3.8, 4) is 0 Å². The van der Waals surface area contributed by atoms with E-state index >= 15 is 0 Å². The number of thioether (sulfide) groups is 1. The van der Waals surface area contributed by atoms with Crippen LogP contribution in [0.3, 0.4) is 0 Å². The summed E-state index contributed by atoms with van der Waals surface area (Å²) >= 11 is 7.41. The number of carbonyl (C=O) groups excluding carboxylic acids is 1. The van der Waals surface area contributed by atoms with Crippen molar-refractivity contribution >= 4 is 35.2 Å². The van der Waals surface area contributed by atoms with E-state index < -0.39 is 6.09 Å². The lowest BCUT2D eigenvalue weighted by Crippen LogP contribution is -2.24. The second kappa shape index (κ2) is 5.73. The molecule has 1 aromatic carbocycles. The molecule has 0 spiro atoms. The van der Waals surface area contributed by atoms with Crippen LogP contribution in [0.5, 0.6) is 0 Å². The molecule has 102 valence electrons. The number of hydrogen-bond donors (Lipinski definition) is 0. The third-order valence-corrected chi connectivity index (χ3v) is 3.98. The average Bonchev–Trinajstić information content (AvgIpc) is 2.93. The van der Waals surface area contributed by atoms with E-state index in [1.54, 1.807) is 36.3 Å². The normalized spacial score (nSPS) is 16.6. The molecule has 0 atom stereocenters. The summed E-state index contributed by atoms with van der Waals surface area (Å²) in [4.78, 5) is 18.7. The molecule has 0 unspecified atom stereocenters. The van der Waals surface area contributed by atoms with Crippen LogP contribution in [0.25, 0.3) is 0 Å². The fourth-order valence-electron chi connectivity index (χ4n) is 1.80. The number of ether oxygens (including phenoxy) is 1. The number of carbonyl (C=O) groups is 1.